The number of carbonyl (C=O) groups is 1. The topological polar surface area (TPSA) is 76.8 Å². The first kappa shape index (κ1) is 20.6. The smallest absolute Gasteiger partial charge is 0.387 e. The van der Waals surface area contributed by atoms with Gasteiger partial charge in [0.05, 0.1) is 12.6 Å². The summed E-state index contributed by atoms with van der Waals surface area (Å²) in [5.41, 5.74) is 0.791. The maximum atomic E-state index is 12.5. The molecule has 7 nitrogen and oxygen atoms in total. The maximum absolute atomic E-state index is 12.5. The van der Waals surface area contributed by atoms with E-state index in [4.69, 9.17) is 9.26 Å². The van der Waals surface area contributed by atoms with Crippen LogP contribution in [0.15, 0.2) is 28.8 Å². The minimum absolute atomic E-state index is 0.0227. The quantitative estimate of drug-likeness (QED) is 0.715. The molecule has 1 amide bonds. The van der Waals surface area contributed by atoms with E-state index in [1.807, 2.05) is 0 Å². The summed E-state index contributed by atoms with van der Waals surface area (Å²) in [5.74, 6) is 0.920. The lowest BCUT2D eigenvalue weighted by atomic mass is 10.1. The lowest BCUT2D eigenvalue weighted by Gasteiger charge is -2.24. The second kappa shape index (κ2) is 9.31. The van der Waals surface area contributed by atoms with Crippen molar-refractivity contribution in [3.05, 3.63) is 35.6 Å². The Morgan fingerprint density at radius 2 is 2.07 bits per heavy atom. The lowest BCUT2D eigenvalue weighted by molar-refractivity contribution is -0.120. The summed E-state index contributed by atoms with van der Waals surface area (Å²) in [6, 6.07) is 5.88. The first-order valence-electron chi connectivity index (χ1n) is 8.45. The SMILES string of the molecule is CCOc1cc(CN(C)C(C)C(=O)Nc2cc(C)on2)ccc1OC(F)F. The number of likely N-dealkylation sites (N-methyl/N-ethyl adjacent to an activating group) is 1. The number of aryl methyl sites for hydroxylation is 1. The van der Waals surface area contributed by atoms with Gasteiger partial charge in [0.25, 0.3) is 0 Å². The highest BCUT2D eigenvalue weighted by atomic mass is 19.3. The minimum Gasteiger partial charge on any atom is -0.490 e. The van der Waals surface area contributed by atoms with Gasteiger partial charge in [0.15, 0.2) is 17.3 Å². The fraction of sp³-hybridized carbons (Fsp3) is 0.444. The zero-order chi connectivity index (χ0) is 20.0. The monoisotopic (exact) mass is 383 g/mol. The van der Waals surface area contributed by atoms with Crippen molar-refractivity contribution < 1.29 is 27.6 Å². The van der Waals surface area contributed by atoms with Crippen LogP contribution in [0.5, 0.6) is 11.5 Å². The molecule has 1 atom stereocenters. The molecule has 148 valence electrons. The van der Waals surface area contributed by atoms with Gasteiger partial charge < -0.3 is 19.3 Å². The van der Waals surface area contributed by atoms with Gasteiger partial charge in [-0.2, -0.15) is 8.78 Å². The number of benzene rings is 1. The minimum atomic E-state index is -2.93. The summed E-state index contributed by atoms with van der Waals surface area (Å²) < 4.78 is 39.7. The van der Waals surface area contributed by atoms with Gasteiger partial charge in [0.1, 0.15) is 5.76 Å². The third-order valence-electron chi connectivity index (χ3n) is 3.88. The molecular formula is C18H23F2N3O4. The van der Waals surface area contributed by atoms with Gasteiger partial charge in [0, 0.05) is 12.6 Å². The number of halogens is 2. The Morgan fingerprint density at radius 3 is 2.67 bits per heavy atom. The first-order chi connectivity index (χ1) is 12.8. The molecule has 1 heterocycles. The van der Waals surface area contributed by atoms with Crippen LogP contribution in [0, 0.1) is 6.92 Å². The molecule has 2 aromatic rings. The molecule has 0 aliphatic rings. The third kappa shape index (κ3) is 5.92. The number of hydrogen-bond acceptors (Lipinski definition) is 6. The van der Waals surface area contributed by atoms with Crippen molar-refractivity contribution in [1.82, 2.24) is 10.1 Å². The summed E-state index contributed by atoms with van der Waals surface area (Å²) >= 11 is 0. The van der Waals surface area contributed by atoms with Crippen molar-refractivity contribution in [2.24, 2.45) is 0 Å². The number of ether oxygens (including phenoxy) is 2. The summed E-state index contributed by atoms with van der Waals surface area (Å²) in [5, 5.41) is 6.41. The normalized spacial score (nSPS) is 12.3. The Kier molecular flexibility index (Phi) is 7.12. The molecule has 1 unspecified atom stereocenters. The highest BCUT2D eigenvalue weighted by Gasteiger charge is 2.20. The number of rotatable bonds is 9. The molecule has 9 heteroatoms. The summed E-state index contributed by atoms with van der Waals surface area (Å²) in [6.45, 7) is 3.02. The van der Waals surface area contributed by atoms with Gasteiger partial charge in [0.2, 0.25) is 5.91 Å². The van der Waals surface area contributed by atoms with Crippen LogP contribution in [0.2, 0.25) is 0 Å². The molecule has 1 N–H and O–H groups in total. The maximum Gasteiger partial charge on any atom is 0.387 e. The highest BCUT2D eigenvalue weighted by Crippen LogP contribution is 2.30. The van der Waals surface area contributed by atoms with Gasteiger partial charge in [-0.25, -0.2) is 0 Å². The molecule has 0 bridgehead atoms. The number of nitrogens with zero attached hydrogens (tertiary/aromatic N) is 2. The molecule has 0 aliphatic heterocycles. The number of alkyl halides is 2. The summed E-state index contributed by atoms with van der Waals surface area (Å²) in [4.78, 5) is 14.1. The number of aromatic nitrogens is 1. The zero-order valence-corrected chi connectivity index (χ0v) is 15.7. The Hall–Kier alpha value is -2.68. The fourth-order valence-electron chi connectivity index (χ4n) is 2.39. The molecular weight excluding hydrogens is 360 g/mol. The average Bonchev–Trinajstić information content (AvgIpc) is 3.01. The molecule has 0 aliphatic carbocycles. The van der Waals surface area contributed by atoms with Crippen LogP contribution < -0.4 is 14.8 Å². The Balaban J connectivity index is 2.03. The van der Waals surface area contributed by atoms with Crippen molar-refractivity contribution in [2.45, 2.75) is 40.0 Å². The van der Waals surface area contributed by atoms with Crippen LogP contribution >= 0.6 is 0 Å². The van der Waals surface area contributed by atoms with E-state index in [0.717, 1.165) is 5.56 Å². The van der Waals surface area contributed by atoms with Gasteiger partial charge in [-0.15, -0.1) is 0 Å². The summed E-state index contributed by atoms with van der Waals surface area (Å²) in [6.07, 6.45) is 0. The second-order valence-corrected chi connectivity index (χ2v) is 6.00. The van der Waals surface area contributed by atoms with E-state index in [0.29, 0.717) is 24.7 Å². The van der Waals surface area contributed by atoms with Crippen molar-refractivity contribution in [3.8, 4) is 11.5 Å². The molecule has 0 fully saturated rings. The molecule has 2 rings (SSSR count). The van der Waals surface area contributed by atoms with Crippen LogP contribution in [0.4, 0.5) is 14.6 Å². The van der Waals surface area contributed by atoms with Crippen LogP contribution in [-0.2, 0) is 11.3 Å². The zero-order valence-electron chi connectivity index (χ0n) is 15.7. The molecule has 1 aromatic carbocycles. The molecule has 0 spiro atoms. The predicted molar refractivity (Wildman–Crippen MR) is 95.0 cm³/mol. The predicted octanol–water partition coefficient (Wildman–Crippen LogP) is 3.44. The largest absolute Gasteiger partial charge is 0.490 e. The molecule has 0 saturated heterocycles. The van der Waals surface area contributed by atoms with E-state index >= 15 is 0 Å². The van der Waals surface area contributed by atoms with Crippen LogP contribution in [0.25, 0.3) is 0 Å². The van der Waals surface area contributed by atoms with E-state index < -0.39 is 12.7 Å². The Morgan fingerprint density at radius 1 is 1.33 bits per heavy atom. The molecule has 1 aromatic heterocycles. The average molecular weight is 383 g/mol. The fourth-order valence-corrected chi connectivity index (χ4v) is 2.39. The Labute approximate surface area is 156 Å². The van der Waals surface area contributed by atoms with E-state index in [2.05, 4.69) is 15.2 Å². The summed E-state index contributed by atoms with van der Waals surface area (Å²) in [7, 11) is 1.78. The highest BCUT2D eigenvalue weighted by molar-refractivity contribution is 5.93. The number of nitrogens with one attached hydrogen (secondary N) is 1. The number of carbonyl (C=O) groups excluding carboxylic acids is 1. The van der Waals surface area contributed by atoms with Crippen LogP contribution in [0.1, 0.15) is 25.2 Å². The van der Waals surface area contributed by atoms with Crippen molar-refractivity contribution in [2.75, 3.05) is 19.0 Å². The number of hydrogen-bond donors (Lipinski definition) is 1. The van der Waals surface area contributed by atoms with Crippen molar-refractivity contribution >= 4 is 11.7 Å². The lowest BCUT2D eigenvalue weighted by Crippen LogP contribution is -2.39. The van der Waals surface area contributed by atoms with Gasteiger partial charge in [-0.05, 0) is 45.5 Å². The Bertz CT molecular complexity index is 767. The third-order valence-corrected chi connectivity index (χ3v) is 3.88. The van der Waals surface area contributed by atoms with Gasteiger partial charge in [-0.3, -0.25) is 9.69 Å². The number of amides is 1. The second-order valence-electron chi connectivity index (χ2n) is 6.00. The van der Waals surface area contributed by atoms with E-state index in [1.54, 1.807) is 50.9 Å². The van der Waals surface area contributed by atoms with Crippen LogP contribution in [-0.4, -0.2) is 42.3 Å². The van der Waals surface area contributed by atoms with E-state index in [1.165, 1.54) is 6.07 Å². The molecule has 0 saturated carbocycles. The van der Waals surface area contributed by atoms with E-state index in [9.17, 15) is 13.6 Å². The standard InChI is InChI=1S/C18H23F2N3O4/c1-5-25-15-9-13(6-7-14(15)26-18(19)20)10-23(4)12(3)17(24)21-16-8-11(2)27-22-16/h6-9,12,18H,5,10H2,1-4H3,(H,21,22,24). The van der Waals surface area contributed by atoms with Gasteiger partial charge >= 0.3 is 6.61 Å². The van der Waals surface area contributed by atoms with E-state index in [-0.39, 0.29) is 17.4 Å². The number of anilines is 1. The van der Waals surface area contributed by atoms with Gasteiger partial charge in [-0.1, -0.05) is 11.2 Å². The molecule has 27 heavy (non-hydrogen) atoms. The van der Waals surface area contributed by atoms with Crippen LogP contribution in [0.3, 0.4) is 0 Å². The van der Waals surface area contributed by atoms with Crippen molar-refractivity contribution in [1.29, 1.82) is 0 Å². The van der Waals surface area contributed by atoms with Crippen molar-refractivity contribution in [3.63, 3.8) is 0 Å². The molecule has 0 radical (unpaired) electrons. The first-order valence-corrected chi connectivity index (χ1v) is 8.45.